The summed E-state index contributed by atoms with van der Waals surface area (Å²) in [6.45, 7) is 4.76. The first-order valence-corrected chi connectivity index (χ1v) is 10.9. The van der Waals surface area contributed by atoms with E-state index in [0.717, 1.165) is 11.3 Å². The van der Waals surface area contributed by atoms with Crippen molar-refractivity contribution in [3.05, 3.63) is 89.0 Å². The van der Waals surface area contributed by atoms with E-state index in [4.69, 9.17) is 14.2 Å². The number of benzene rings is 3. The summed E-state index contributed by atoms with van der Waals surface area (Å²) in [6, 6.07) is 20.2. The number of amides is 2. The van der Waals surface area contributed by atoms with Crippen LogP contribution in [0.3, 0.4) is 0 Å². The molecule has 0 saturated carbocycles. The number of hydrazine groups is 1. The van der Waals surface area contributed by atoms with Crippen LogP contribution in [0.15, 0.2) is 72.3 Å². The summed E-state index contributed by atoms with van der Waals surface area (Å²) in [5.41, 5.74) is 6.13. The van der Waals surface area contributed by atoms with E-state index in [2.05, 4.69) is 11.5 Å². The van der Waals surface area contributed by atoms with Crippen LogP contribution in [0.1, 0.15) is 16.7 Å². The Balaban J connectivity index is 1.42. The summed E-state index contributed by atoms with van der Waals surface area (Å²) < 4.78 is 17.1. The third-order valence-corrected chi connectivity index (χ3v) is 5.33. The number of nitrogens with one attached hydrogen (secondary N) is 1. The van der Waals surface area contributed by atoms with E-state index in [1.165, 1.54) is 23.8 Å². The number of carbonyl (C=O) groups is 2. The summed E-state index contributed by atoms with van der Waals surface area (Å²) in [7, 11) is 1.54. The molecular weight excluding hydrogens is 432 g/mol. The summed E-state index contributed by atoms with van der Waals surface area (Å²) in [4.78, 5) is 25.2. The van der Waals surface area contributed by atoms with Crippen LogP contribution in [0, 0.1) is 13.8 Å². The normalized spacial score (nSPS) is 14.3. The van der Waals surface area contributed by atoms with Gasteiger partial charge in [0.15, 0.2) is 11.5 Å². The van der Waals surface area contributed by atoms with Gasteiger partial charge in [0.25, 0.3) is 11.8 Å². The molecule has 0 spiro atoms. The molecular formula is C27H26N2O5. The second-order valence-electron chi connectivity index (χ2n) is 7.85. The van der Waals surface area contributed by atoms with E-state index in [0.29, 0.717) is 36.0 Å². The molecule has 3 aromatic carbocycles. The molecule has 0 bridgehead atoms. The SMILES string of the molecule is COc1cc(/C=C2/C(=O)NN(c3ccccc3)C2=O)ccc1OCCOc1ccc(C)cc1C. The Morgan fingerprint density at radius 2 is 1.56 bits per heavy atom. The van der Waals surface area contributed by atoms with Crippen molar-refractivity contribution in [3.8, 4) is 17.2 Å². The molecule has 1 saturated heterocycles. The minimum Gasteiger partial charge on any atom is -0.493 e. The predicted octanol–water partition coefficient (Wildman–Crippen LogP) is 4.23. The first-order chi connectivity index (χ1) is 16.5. The third kappa shape index (κ3) is 5.04. The molecule has 7 nitrogen and oxygen atoms in total. The Kier molecular flexibility index (Phi) is 6.82. The number of nitrogens with zero attached hydrogens (tertiary/aromatic N) is 1. The maximum absolute atomic E-state index is 12.8. The molecule has 0 unspecified atom stereocenters. The lowest BCUT2D eigenvalue weighted by Gasteiger charge is -2.14. The summed E-state index contributed by atoms with van der Waals surface area (Å²) in [6.07, 6.45) is 1.54. The fourth-order valence-electron chi connectivity index (χ4n) is 3.64. The van der Waals surface area contributed by atoms with E-state index in [-0.39, 0.29) is 5.57 Å². The van der Waals surface area contributed by atoms with E-state index in [9.17, 15) is 9.59 Å². The van der Waals surface area contributed by atoms with Crippen molar-refractivity contribution in [1.29, 1.82) is 0 Å². The molecule has 0 atom stereocenters. The zero-order valence-corrected chi connectivity index (χ0v) is 19.3. The monoisotopic (exact) mass is 458 g/mol. The number of anilines is 1. The van der Waals surface area contributed by atoms with Crippen LogP contribution < -0.4 is 24.6 Å². The summed E-state index contributed by atoms with van der Waals surface area (Å²) in [5, 5.41) is 1.23. The van der Waals surface area contributed by atoms with Crippen LogP contribution in [0.2, 0.25) is 0 Å². The molecule has 34 heavy (non-hydrogen) atoms. The molecule has 1 aliphatic heterocycles. The second-order valence-corrected chi connectivity index (χ2v) is 7.85. The van der Waals surface area contributed by atoms with Crippen LogP contribution in [0.25, 0.3) is 6.08 Å². The van der Waals surface area contributed by atoms with Crippen LogP contribution in [0.5, 0.6) is 17.2 Å². The molecule has 1 heterocycles. The standard InChI is InChI=1S/C27H26N2O5/c1-18-9-11-23(19(2)15-18)33-13-14-34-24-12-10-20(17-25(24)32-3)16-22-26(30)28-29(27(22)31)21-7-5-4-6-8-21/h4-12,15-17H,13-14H2,1-3H3,(H,28,30)/b22-16-. The summed E-state index contributed by atoms with van der Waals surface area (Å²) in [5.74, 6) is 0.983. The Labute approximate surface area is 198 Å². The average molecular weight is 459 g/mol. The topological polar surface area (TPSA) is 77.1 Å². The molecule has 1 N–H and O–H groups in total. The maximum Gasteiger partial charge on any atom is 0.282 e. The van der Waals surface area contributed by atoms with Crippen molar-refractivity contribution < 1.29 is 23.8 Å². The van der Waals surface area contributed by atoms with E-state index in [1.54, 1.807) is 42.5 Å². The molecule has 7 heteroatoms. The van der Waals surface area contributed by atoms with Gasteiger partial charge in [-0.3, -0.25) is 15.0 Å². The van der Waals surface area contributed by atoms with Crippen LogP contribution in [-0.2, 0) is 9.59 Å². The van der Waals surface area contributed by atoms with Crippen molar-refractivity contribution in [3.63, 3.8) is 0 Å². The van der Waals surface area contributed by atoms with Crippen LogP contribution >= 0.6 is 0 Å². The predicted molar refractivity (Wildman–Crippen MR) is 130 cm³/mol. The molecule has 1 aliphatic rings. The number of rotatable bonds is 8. The van der Waals surface area contributed by atoms with Crippen molar-refractivity contribution in [2.24, 2.45) is 0 Å². The van der Waals surface area contributed by atoms with Crippen LogP contribution in [0.4, 0.5) is 5.69 Å². The van der Waals surface area contributed by atoms with E-state index < -0.39 is 11.8 Å². The van der Waals surface area contributed by atoms with Gasteiger partial charge in [-0.2, -0.15) is 0 Å². The molecule has 0 aliphatic carbocycles. The second kappa shape index (κ2) is 10.1. The number of carbonyl (C=O) groups excluding carboxylic acids is 2. The van der Waals surface area contributed by atoms with Gasteiger partial charge in [-0.1, -0.05) is 42.0 Å². The van der Waals surface area contributed by atoms with Crippen molar-refractivity contribution in [1.82, 2.24) is 5.43 Å². The zero-order chi connectivity index (χ0) is 24.1. The molecule has 3 aromatic rings. The molecule has 4 rings (SSSR count). The fourth-order valence-corrected chi connectivity index (χ4v) is 3.64. The lowest BCUT2D eigenvalue weighted by Crippen LogP contribution is -2.35. The number of methoxy groups -OCH3 is 1. The Bertz CT molecular complexity index is 1240. The minimum atomic E-state index is -0.461. The highest BCUT2D eigenvalue weighted by atomic mass is 16.5. The number of hydrogen-bond acceptors (Lipinski definition) is 5. The molecule has 1 fully saturated rings. The average Bonchev–Trinajstić information content (AvgIpc) is 3.12. The highest BCUT2D eigenvalue weighted by molar-refractivity contribution is 6.31. The highest BCUT2D eigenvalue weighted by Gasteiger charge is 2.34. The molecule has 174 valence electrons. The summed E-state index contributed by atoms with van der Waals surface area (Å²) >= 11 is 0. The third-order valence-electron chi connectivity index (χ3n) is 5.33. The highest BCUT2D eigenvalue weighted by Crippen LogP contribution is 2.30. The largest absolute Gasteiger partial charge is 0.493 e. The minimum absolute atomic E-state index is 0.0430. The van der Waals surface area contributed by atoms with Gasteiger partial charge in [-0.25, -0.2) is 5.01 Å². The molecule has 2 amide bonds. The van der Waals surface area contributed by atoms with Crippen molar-refractivity contribution in [2.45, 2.75) is 13.8 Å². The number of aryl methyl sites for hydroxylation is 2. The molecule has 0 aromatic heterocycles. The van der Waals surface area contributed by atoms with E-state index >= 15 is 0 Å². The fraction of sp³-hybridized carbons (Fsp3) is 0.185. The molecule has 0 radical (unpaired) electrons. The number of hydrogen-bond donors (Lipinski definition) is 1. The quantitative estimate of drug-likeness (QED) is 0.311. The van der Waals surface area contributed by atoms with E-state index in [1.807, 2.05) is 32.0 Å². The van der Waals surface area contributed by atoms with Gasteiger partial charge in [0.2, 0.25) is 0 Å². The van der Waals surface area contributed by atoms with Crippen molar-refractivity contribution in [2.75, 3.05) is 25.3 Å². The Morgan fingerprint density at radius 3 is 2.26 bits per heavy atom. The van der Waals surface area contributed by atoms with Gasteiger partial charge < -0.3 is 14.2 Å². The zero-order valence-electron chi connectivity index (χ0n) is 19.3. The maximum atomic E-state index is 12.8. The lowest BCUT2D eigenvalue weighted by atomic mass is 10.1. The number of ether oxygens (including phenoxy) is 3. The smallest absolute Gasteiger partial charge is 0.282 e. The first kappa shape index (κ1) is 22.9. The van der Waals surface area contributed by atoms with Gasteiger partial charge in [0, 0.05) is 0 Å². The van der Waals surface area contributed by atoms with Crippen LogP contribution in [-0.4, -0.2) is 32.1 Å². The Morgan fingerprint density at radius 1 is 0.853 bits per heavy atom. The number of para-hydroxylation sites is 1. The first-order valence-electron chi connectivity index (χ1n) is 10.9. The van der Waals surface area contributed by atoms with Gasteiger partial charge in [-0.05, 0) is 61.4 Å². The van der Waals surface area contributed by atoms with Gasteiger partial charge >= 0.3 is 0 Å². The van der Waals surface area contributed by atoms with Gasteiger partial charge in [0.1, 0.15) is 24.5 Å². The Hall–Kier alpha value is -4.26. The van der Waals surface area contributed by atoms with Gasteiger partial charge in [-0.15, -0.1) is 0 Å². The van der Waals surface area contributed by atoms with Gasteiger partial charge in [0.05, 0.1) is 12.8 Å². The lowest BCUT2D eigenvalue weighted by molar-refractivity contribution is -0.117. The van der Waals surface area contributed by atoms with Crippen molar-refractivity contribution >= 4 is 23.6 Å².